The van der Waals surface area contributed by atoms with Gasteiger partial charge < -0.3 is 5.32 Å². The highest BCUT2D eigenvalue weighted by atomic mass is 16.2. The third kappa shape index (κ3) is 3.57. The van der Waals surface area contributed by atoms with Crippen molar-refractivity contribution in [2.24, 2.45) is 0 Å². The maximum atomic E-state index is 12.4. The number of carbonyl (C=O) groups excluding carboxylic acids is 1. The molecule has 0 aliphatic rings. The summed E-state index contributed by atoms with van der Waals surface area (Å²) in [5.74, 6) is -0.316. The number of nitrogens with zero attached hydrogens (tertiary/aromatic N) is 3. The van der Waals surface area contributed by atoms with Gasteiger partial charge in [-0.3, -0.25) is 9.59 Å². The second-order valence-corrected chi connectivity index (χ2v) is 6.91. The number of hydrogen-bond donors (Lipinski definition) is 1. The Labute approximate surface area is 145 Å². The fourth-order valence-electron chi connectivity index (χ4n) is 2.70. The predicted octanol–water partition coefficient (Wildman–Crippen LogP) is 2.73. The molecular weight excluding hydrogens is 316 g/mol. The lowest BCUT2D eigenvalue weighted by molar-refractivity contribution is -0.117. The average molecular weight is 336 g/mol. The summed E-state index contributed by atoms with van der Waals surface area (Å²) in [5.41, 5.74) is 1.85. The molecule has 0 aliphatic heterocycles. The number of hydrogen-bond acceptors (Lipinski definition) is 4. The van der Waals surface area contributed by atoms with Crippen LogP contribution in [0, 0.1) is 0 Å². The van der Waals surface area contributed by atoms with Crippen molar-refractivity contribution in [3.05, 3.63) is 64.4 Å². The molecule has 6 heteroatoms. The number of rotatable bonds is 3. The molecule has 3 rings (SSSR count). The second-order valence-electron chi connectivity index (χ2n) is 6.91. The normalized spacial score (nSPS) is 11.5. The third-order valence-corrected chi connectivity index (χ3v) is 3.93. The van der Waals surface area contributed by atoms with Gasteiger partial charge in [-0.25, -0.2) is 4.68 Å². The number of para-hydroxylation sites is 1. The van der Waals surface area contributed by atoms with E-state index in [0.717, 1.165) is 15.9 Å². The molecule has 0 aliphatic carbocycles. The van der Waals surface area contributed by atoms with Gasteiger partial charge >= 0.3 is 0 Å². The summed E-state index contributed by atoms with van der Waals surface area (Å²) in [7, 11) is 0. The largest absolute Gasteiger partial charge is 0.324 e. The van der Waals surface area contributed by atoms with Crippen molar-refractivity contribution in [2.75, 3.05) is 5.32 Å². The Bertz CT molecular complexity index is 986. The second kappa shape index (κ2) is 6.47. The minimum atomic E-state index is -0.329. The van der Waals surface area contributed by atoms with E-state index in [1.165, 1.54) is 0 Å². The molecule has 0 saturated carbocycles. The number of nitrogens with one attached hydrogen (secondary N) is 1. The van der Waals surface area contributed by atoms with Crippen molar-refractivity contribution in [3.63, 3.8) is 0 Å². The van der Waals surface area contributed by atoms with Crippen LogP contribution in [0.5, 0.6) is 0 Å². The lowest BCUT2D eigenvalue weighted by Crippen LogP contribution is -2.31. The molecule has 1 N–H and O–H groups in total. The van der Waals surface area contributed by atoms with Gasteiger partial charge in [0.2, 0.25) is 5.91 Å². The fourth-order valence-corrected chi connectivity index (χ4v) is 2.70. The first kappa shape index (κ1) is 16.8. The maximum absolute atomic E-state index is 12.4. The summed E-state index contributed by atoms with van der Waals surface area (Å²) in [6.45, 7) is 6.06. The van der Waals surface area contributed by atoms with E-state index < -0.39 is 0 Å². The molecule has 128 valence electrons. The molecular formula is C19H20N4O2. The molecule has 0 bridgehead atoms. The standard InChI is InChI=1S/C19H20N4O2/c1-19(2,3)14-9-5-7-11-16(14)20-17(24)12-23-18(25)13-8-4-6-10-15(13)21-22-23/h4-11H,12H2,1-3H3,(H,20,24). The summed E-state index contributed by atoms with van der Waals surface area (Å²) < 4.78 is 1.08. The molecule has 0 spiro atoms. The summed E-state index contributed by atoms with van der Waals surface area (Å²) in [6.07, 6.45) is 0. The first-order valence-electron chi connectivity index (χ1n) is 8.08. The predicted molar refractivity (Wildman–Crippen MR) is 97.6 cm³/mol. The van der Waals surface area contributed by atoms with Gasteiger partial charge in [-0.05, 0) is 29.2 Å². The number of carbonyl (C=O) groups is 1. The topological polar surface area (TPSA) is 76.9 Å². The number of amides is 1. The maximum Gasteiger partial charge on any atom is 0.278 e. The molecule has 0 unspecified atom stereocenters. The highest BCUT2D eigenvalue weighted by Gasteiger charge is 2.19. The monoisotopic (exact) mass is 336 g/mol. The first-order chi connectivity index (χ1) is 11.9. The number of benzene rings is 2. The van der Waals surface area contributed by atoms with Gasteiger partial charge in [-0.2, -0.15) is 0 Å². The molecule has 0 radical (unpaired) electrons. The van der Waals surface area contributed by atoms with E-state index in [-0.39, 0.29) is 23.4 Å². The zero-order chi connectivity index (χ0) is 18.0. The van der Waals surface area contributed by atoms with Crippen molar-refractivity contribution < 1.29 is 4.79 Å². The molecule has 1 amide bonds. The molecule has 25 heavy (non-hydrogen) atoms. The summed E-state index contributed by atoms with van der Waals surface area (Å²) >= 11 is 0. The van der Waals surface area contributed by atoms with Gasteiger partial charge in [0.25, 0.3) is 5.56 Å². The Morgan fingerprint density at radius 1 is 1.08 bits per heavy atom. The third-order valence-electron chi connectivity index (χ3n) is 3.93. The number of anilines is 1. The van der Waals surface area contributed by atoms with Crippen LogP contribution < -0.4 is 10.9 Å². The van der Waals surface area contributed by atoms with E-state index in [2.05, 4.69) is 36.4 Å². The van der Waals surface area contributed by atoms with Crippen LogP contribution >= 0.6 is 0 Å². The van der Waals surface area contributed by atoms with Crippen molar-refractivity contribution in [3.8, 4) is 0 Å². The molecule has 2 aromatic carbocycles. The van der Waals surface area contributed by atoms with Gasteiger partial charge in [-0.1, -0.05) is 56.3 Å². The van der Waals surface area contributed by atoms with Crippen LogP contribution in [0.3, 0.4) is 0 Å². The van der Waals surface area contributed by atoms with Crippen molar-refractivity contribution in [1.29, 1.82) is 0 Å². The smallest absolute Gasteiger partial charge is 0.278 e. The Morgan fingerprint density at radius 2 is 1.76 bits per heavy atom. The first-order valence-corrected chi connectivity index (χ1v) is 8.08. The Balaban J connectivity index is 1.85. The van der Waals surface area contributed by atoms with E-state index in [9.17, 15) is 9.59 Å². The van der Waals surface area contributed by atoms with Gasteiger partial charge in [0.15, 0.2) is 0 Å². The van der Waals surface area contributed by atoms with Crippen LogP contribution in [0.25, 0.3) is 10.9 Å². The van der Waals surface area contributed by atoms with Crippen LogP contribution in [0.4, 0.5) is 5.69 Å². The fraction of sp³-hybridized carbons (Fsp3) is 0.263. The number of aromatic nitrogens is 3. The van der Waals surface area contributed by atoms with E-state index in [0.29, 0.717) is 10.9 Å². The molecule has 0 fully saturated rings. The van der Waals surface area contributed by atoms with Gasteiger partial charge in [0.1, 0.15) is 12.1 Å². The molecule has 0 atom stereocenters. The minimum absolute atomic E-state index is 0.108. The van der Waals surface area contributed by atoms with E-state index >= 15 is 0 Å². The van der Waals surface area contributed by atoms with Crippen LogP contribution in [-0.4, -0.2) is 20.9 Å². The zero-order valence-corrected chi connectivity index (χ0v) is 14.5. The molecule has 0 saturated heterocycles. The molecule has 6 nitrogen and oxygen atoms in total. The van der Waals surface area contributed by atoms with Gasteiger partial charge in [0, 0.05) is 5.69 Å². The van der Waals surface area contributed by atoms with Crippen LogP contribution in [0.2, 0.25) is 0 Å². The van der Waals surface area contributed by atoms with Crippen molar-refractivity contribution in [2.45, 2.75) is 32.7 Å². The molecule has 1 aromatic heterocycles. The van der Waals surface area contributed by atoms with E-state index in [1.807, 2.05) is 24.3 Å². The Hall–Kier alpha value is -3.02. The minimum Gasteiger partial charge on any atom is -0.324 e. The SMILES string of the molecule is CC(C)(C)c1ccccc1NC(=O)Cn1nnc2ccccc2c1=O. The van der Waals surface area contributed by atoms with E-state index in [4.69, 9.17) is 0 Å². The van der Waals surface area contributed by atoms with Crippen LogP contribution in [0.1, 0.15) is 26.3 Å². The highest BCUT2D eigenvalue weighted by molar-refractivity contribution is 5.91. The lowest BCUT2D eigenvalue weighted by Gasteiger charge is -2.23. The summed E-state index contributed by atoms with van der Waals surface area (Å²) in [4.78, 5) is 24.8. The molecule has 1 heterocycles. The lowest BCUT2D eigenvalue weighted by atomic mass is 9.86. The summed E-state index contributed by atoms with van der Waals surface area (Å²) in [6, 6.07) is 14.6. The van der Waals surface area contributed by atoms with Crippen molar-refractivity contribution in [1.82, 2.24) is 15.0 Å². The quantitative estimate of drug-likeness (QED) is 0.798. The molecule has 3 aromatic rings. The van der Waals surface area contributed by atoms with Crippen LogP contribution in [0.15, 0.2) is 53.3 Å². The number of fused-ring (bicyclic) bond motifs is 1. The average Bonchev–Trinajstić information content (AvgIpc) is 2.57. The Morgan fingerprint density at radius 3 is 2.52 bits per heavy atom. The van der Waals surface area contributed by atoms with Gasteiger partial charge in [-0.15, -0.1) is 5.10 Å². The van der Waals surface area contributed by atoms with Crippen LogP contribution in [-0.2, 0) is 16.8 Å². The summed E-state index contributed by atoms with van der Waals surface area (Å²) in [5, 5.41) is 11.2. The highest BCUT2D eigenvalue weighted by Crippen LogP contribution is 2.29. The van der Waals surface area contributed by atoms with E-state index in [1.54, 1.807) is 24.3 Å². The zero-order valence-electron chi connectivity index (χ0n) is 14.5. The Kier molecular flexibility index (Phi) is 4.35. The van der Waals surface area contributed by atoms with Gasteiger partial charge in [0.05, 0.1) is 5.39 Å². The van der Waals surface area contributed by atoms with Crippen molar-refractivity contribution >= 4 is 22.5 Å².